The first-order chi connectivity index (χ1) is 12.0. The molecule has 0 spiro atoms. The van der Waals surface area contributed by atoms with Gasteiger partial charge in [-0.15, -0.1) is 0 Å². The lowest BCUT2D eigenvalue weighted by atomic mass is 9.93. The van der Waals surface area contributed by atoms with Crippen molar-refractivity contribution in [1.29, 1.82) is 0 Å². The molecule has 8 heteroatoms. The number of hydrogen-bond acceptors (Lipinski definition) is 3. The smallest absolute Gasteiger partial charge is 0.315 e. The van der Waals surface area contributed by atoms with Gasteiger partial charge in [-0.05, 0) is 37.5 Å². The minimum absolute atomic E-state index is 0.108. The molecule has 1 unspecified atom stereocenters. The predicted octanol–water partition coefficient (Wildman–Crippen LogP) is 1.87. The summed E-state index contributed by atoms with van der Waals surface area (Å²) in [7, 11) is 1.89. The second kappa shape index (κ2) is 7.33. The molecule has 1 aromatic heterocycles. The predicted molar refractivity (Wildman–Crippen MR) is 90.5 cm³/mol. The minimum Gasteiger partial charge on any atom is -0.331 e. The van der Waals surface area contributed by atoms with E-state index in [1.165, 1.54) is 18.2 Å². The Morgan fingerprint density at radius 3 is 3.04 bits per heavy atom. The molecule has 1 aliphatic carbocycles. The van der Waals surface area contributed by atoms with E-state index in [0.717, 1.165) is 30.5 Å². The topological polar surface area (TPSA) is 88.1 Å². The van der Waals surface area contributed by atoms with Crippen LogP contribution in [-0.2, 0) is 18.3 Å². The molecule has 7 nitrogen and oxygen atoms in total. The van der Waals surface area contributed by atoms with Crippen LogP contribution in [0, 0.1) is 5.82 Å². The molecular weight excluding hydrogens is 325 g/mol. The highest BCUT2D eigenvalue weighted by molar-refractivity contribution is 5.94. The normalized spacial score (nSPS) is 16.0. The second-order valence-electron chi connectivity index (χ2n) is 6.00. The first kappa shape index (κ1) is 16.9. The number of halogens is 1. The van der Waals surface area contributed by atoms with Gasteiger partial charge in [-0.3, -0.25) is 9.48 Å². The number of urea groups is 1. The monoisotopic (exact) mass is 345 g/mol. The molecule has 1 aliphatic rings. The zero-order valence-corrected chi connectivity index (χ0v) is 13.9. The van der Waals surface area contributed by atoms with Gasteiger partial charge in [0.2, 0.25) is 5.91 Å². The molecule has 0 bridgehead atoms. The number of nitrogens with zero attached hydrogens (tertiary/aromatic N) is 2. The van der Waals surface area contributed by atoms with Crippen LogP contribution in [0.15, 0.2) is 30.5 Å². The highest BCUT2D eigenvalue weighted by atomic mass is 19.1. The van der Waals surface area contributed by atoms with E-state index in [2.05, 4.69) is 21.0 Å². The van der Waals surface area contributed by atoms with Crippen molar-refractivity contribution >= 4 is 17.6 Å². The Morgan fingerprint density at radius 1 is 1.40 bits per heavy atom. The number of anilines is 1. The van der Waals surface area contributed by atoms with Crippen molar-refractivity contribution in [3.63, 3.8) is 0 Å². The van der Waals surface area contributed by atoms with Crippen molar-refractivity contribution in [2.75, 3.05) is 11.9 Å². The molecule has 1 heterocycles. The molecule has 0 saturated heterocycles. The van der Waals surface area contributed by atoms with Gasteiger partial charge in [-0.2, -0.15) is 5.10 Å². The Labute approximate surface area is 144 Å². The summed E-state index contributed by atoms with van der Waals surface area (Å²) in [5, 5.41) is 12.2. The first-order valence-corrected chi connectivity index (χ1v) is 8.13. The van der Waals surface area contributed by atoms with E-state index in [-0.39, 0.29) is 12.6 Å². The van der Waals surface area contributed by atoms with E-state index in [1.807, 2.05) is 11.7 Å². The summed E-state index contributed by atoms with van der Waals surface area (Å²) in [5.74, 6) is -0.862. The molecule has 3 amide bonds. The molecule has 0 radical (unpaired) electrons. The highest BCUT2D eigenvalue weighted by Crippen LogP contribution is 2.28. The molecule has 1 atom stereocenters. The maximum atomic E-state index is 13.1. The Hall–Kier alpha value is -2.90. The average Bonchev–Trinajstić information content (AvgIpc) is 2.96. The molecule has 3 rings (SSSR count). The summed E-state index contributed by atoms with van der Waals surface area (Å²) in [6.07, 6.45) is 4.52. The fourth-order valence-corrected chi connectivity index (χ4v) is 3.00. The standard InChI is InChI=1S/C17H20FN5O2/c1-23-15-7-3-6-14(13(15)9-20-23)22-17(25)19-10-16(24)21-12-5-2-4-11(18)8-12/h2,4-5,8-9,14H,3,6-7,10H2,1H3,(H,21,24)(H2,19,22,25). The average molecular weight is 345 g/mol. The summed E-state index contributed by atoms with van der Waals surface area (Å²) in [6, 6.07) is 5.05. The van der Waals surface area contributed by atoms with Crippen molar-refractivity contribution in [3.8, 4) is 0 Å². The molecule has 0 fully saturated rings. The maximum absolute atomic E-state index is 13.1. The third kappa shape index (κ3) is 4.14. The van der Waals surface area contributed by atoms with Crippen molar-refractivity contribution in [2.24, 2.45) is 7.05 Å². The molecule has 3 N–H and O–H groups in total. The van der Waals surface area contributed by atoms with Gasteiger partial charge in [0.1, 0.15) is 5.82 Å². The summed E-state index contributed by atoms with van der Waals surface area (Å²) in [5.41, 5.74) is 2.49. The molecule has 0 aliphatic heterocycles. The van der Waals surface area contributed by atoms with Crippen LogP contribution >= 0.6 is 0 Å². The van der Waals surface area contributed by atoms with Gasteiger partial charge in [0.05, 0.1) is 18.8 Å². The molecule has 2 aromatic rings. The SMILES string of the molecule is Cn1ncc2c1CCCC2NC(=O)NCC(=O)Nc1cccc(F)c1. The van der Waals surface area contributed by atoms with E-state index >= 15 is 0 Å². The van der Waals surface area contributed by atoms with Gasteiger partial charge in [0.25, 0.3) is 0 Å². The van der Waals surface area contributed by atoms with Gasteiger partial charge in [0.15, 0.2) is 0 Å². The lowest BCUT2D eigenvalue weighted by molar-refractivity contribution is -0.115. The van der Waals surface area contributed by atoms with Crippen molar-refractivity contribution in [3.05, 3.63) is 47.5 Å². The highest BCUT2D eigenvalue weighted by Gasteiger charge is 2.24. The summed E-state index contributed by atoms with van der Waals surface area (Å²) in [6.45, 7) is -0.199. The Balaban J connectivity index is 1.49. The minimum atomic E-state index is -0.437. The van der Waals surface area contributed by atoms with Crippen molar-refractivity contribution in [1.82, 2.24) is 20.4 Å². The first-order valence-electron chi connectivity index (χ1n) is 8.13. The number of amides is 3. The van der Waals surface area contributed by atoms with Crippen LogP contribution in [0.25, 0.3) is 0 Å². The van der Waals surface area contributed by atoms with E-state index in [0.29, 0.717) is 5.69 Å². The molecular formula is C17H20FN5O2. The Kier molecular flexibility index (Phi) is 4.97. The van der Waals surface area contributed by atoms with Crippen LogP contribution in [0.5, 0.6) is 0 Å². The maximum Gasteiger partial charge on any atom is 0.315 e. The van der Waals surface area contributed by atoms with E-state index in [1.54, 1.807) is 12.3 Å². The number of carbonyl (C=O) groups is 2. The fraction of sp³-hybridized carbons (Fsp3) is 0.353. The quantitative estimate of drug-likeness (QED) is 0.790. The van der Waals surface area contributed by atoms with Gasteiger partial charge < -0.3 is 16.0 Å². The number of hydrogen-bond donors (Lipinski definition) is 3. The van der Waals surface area contributed by atoms with Crippen LogP contribution in [0.2, 0.25) is 0 Å². The van der Waals surface area contributed by atoms with Gasteiger partial charge in [-0.1, -0.05) is 6.07 Å². The Morgan fingerprint density at radius 2 is 2.24 bits per heavy atom. The zero-order valence-electron chi connectivity index (χ0n) is 13.9. The van der Waals surface area contributed by atoms with E-state index in [9.17, 15) is 14.0 Å². The number of fused-ring (bicyclic) bond motifs is 1. The number of aromatic nitrogens is 2. The largest absolute Gasteiger partial charge is 0.331 e. The third-order valence-corrected chi connectivity index (χ3v) is 4.20. The van der Waals surface area contributed by atoms with Crippen molar-refractivity contribution < 1.29 is 14.0 Å². The van der Waals surface area contributed by atoms with Gasteiger partial charge in [0, 0.05) is 24.0 Å². The van der Waals surface area contributed by atoms with Crippen LogP contribution in [0.4, 0.5) is 14.9 Å². The van der Waals surface area contributed by atoms with E-state index in [4.69, 9.17) is 0 Å². The second-order valence-corrected chi connectivity index (χ2v) is 6.00. The summed E-state index contributed by atoms with van der Waals surface area (Å²) < 4.78 is 14.9. The fourth-order valence-electron chi connectivity index (χ4n) is 3.00. The summed E-state index contributed by atoms with van der Waals surface area (Å²) >= 11 is 0. The Bertz CT molecular complexity index is 789. The number of rotatable bonds is 4. The van der Waals surface area contributed by atoms with Crippen LogP contribution < -0.4 is 16.0 Å². The lowest BCUT2D eigenvalue weighted by Crippen LogP contribution is -2.42. The zero-order chi connectivity index (χ0) is 17.8. The van der Waals surface area contributed by atoms with E-state index < -0.39 is 17.8 Å². The van der Waals surface area contributed by atoms with Crippen molar-refractivity contribution in [2.45, 2.75) is 25.3 Å². The number of nitrogens with one attached hydrogen (secondary N) is 3. The van der Waals surface area contributed by atoms with Crippen LogP contribution in [-0.4, -0.2) is 28.3 Å². The molecule has 1 aromatic carbocycles. The third-order valence-electron chi connectivity index (χ3n) is 4.20. The number of benzene rings is 1. The number of aryl methyl sites for hydroxylation is 1. The number of carbonyl (C=O) groups excluding carboxylic acids is 2. The summed E-state index contributed by atoms with van der Waals surface area (Å²) in [4.78, 5) is 23.9. The molecule has 25 heavy (non-hydrogen) atoms. The molecule has 132 valence electrons. The van der Waals surface area contributed by atoms with Gasteiger partial charge in [-0.25, -0.2) is 9.18 Å². The van der Waals surface area contributed by atoms with Crippen LogP contribution in [0.1, 0.15) is 30.1 Å². The lowest BCUT2D eigenvalue weighted by Gasteiger charge is -2.23. The molecule has 0 saturated carbocycles. The van der Waals surface area contributed by atoms with Gasteiger partial charge >= 0.3 is 6.03 Å². The van der Waals surface area contributed by atoms with Crippen LogP contribution in [0.3, 0.4) is 0 Å².